The summed E-state index contributed by atoms with van der Waals surface area (Å²) in [5.74, 6) is -0.849. The molecule has 0 aliphatic carbocycles. The van der Waals surface area contributed by atoms with E-state index in [0.717, 1.165) is 0 Å². The molecule has 6 heteroatoms. The molecule has 138 valence electrons. The SMILES string of the molecule is CC(C)C[C@@H](NC(=O)C1CC(=O)N(C(C)C)C1)C(=O)OC(C)(C)C. The third kappa shape index (κ3) is 6.13. The highest BCUT2D eigenvalue weighted by atomic mass is 16.6. The number of carbonyl (C=O) groups excluding carboxylic acids is 3. The molecule has 6 nitrogen and oxygen atoms in total. The topological polar surface area (TPSA) is 75.7 Å². The average Bonchev–Trinajstić information content (AvgIpc) is 2.77. The summed E-state index contributed by atoms with van der Waals surface area (Å²) in [6.45, 7) is 13.7. The number of rotatable bonds is 6. The summed E-state index contributed by atoms with van der Waals surface area (Å²) >= 11 is 0. The fourth-order valence-corrected chi connectivity index (χ4v) is 2.75. The van der Waals surface area contributed by atoms with Crippen molar-refractivity contribution in [3.63, 3.8) is 0 Å². The Labute approximate surface area is 145 Å². The van der Waals surface area contributed by atoms with E-state index in [2.05, 4.69) is 5.32 Å². The first-order chi connectivity index (χ1) is 10.9. The molecule has 1 rings (SSSR count). The largest absolute Gasteiger partial charge is 0.458 e. The van der Waals surface area contributed by atoms with Gasteiger partial charge in [0.2, 0.25) is 11.8 Å². The van der Waals surface area contributed by atoms with Gasteiger partial charge < -0.3 is 15.0 Å². The highest BCUT2D eigenvalue weighted by Crippen LogP contribution is 2.21. The normalized spacial score (nSPS) is 19.8. The van der Waals surface area contributed by atoms with Gasteiger partial charge >= 0.3 is 5.97 Å². The minimum Gasteiger partial charge on any atom is -0.458 e. The van der Waals surface area contributed by atoms with Crippen molar-refractivity contribution in [1.82, 2.24) is 10.2 Å². The third-order valence-corrected chi connectivity index (χ3v) is 3.87. The van der Waals surface area contributed by atoms with Crippen LogP contribution in [0.5, 0.6) is 0 Å². The lowest BCUT2D eigenvalue weighted by Crippen LogP contribution is -2.47. The number of carbonyl (C=O) groups is 3. The monoisotopic (exact) mass is 340 g/mol. The van der Waals surface area contributed by atoms with Crippen molar-refractivity contribution in [2.75, 3.05) is 6.54 Å². The molecule has 1 aliphatic heterocycles. The van der Waals surface area contributed by atoms with Crippen molar-refractivity contribution in [1.29, 1.82) is 0 Å². The maximum atomic E-state index is 12.5. The van der Waals surface area contributed by atoms with Crippen LogP contribution in [0.2, 0.25) is 0 Å². The van der Waals surface area contributed by atoms with E-state index < -0.39 is 23.5 Å². The van der Waals surface area contributed by atoms with Gasteiger partial charge in [-0.1, -0.05) is 13.8 Å². The van der Waals surface area contributed by atoms with Gasteiger partial charge in [-0.2, -0.15) is 0 Å². The molecule has 0 spiro atoms. The molecule has 1 unspecified atom stereocenters. The predicted molar refractivity (Wildman–Crippen MR) is 92.2 cm³/mol. The van der Waals surface area contributed by atoms with Gasteiger partial charge in [-0.15, -0.1) is 0 Å². The summed E-state index contributed by atoms with van der Waals surface area (Å²) in [5.41, 5.74) is -0.602. The molecular weight excluding hydrogens is 308 g/mol. The summed E-state index contributed by atoms with van der Waals surface area (Å²) in [5, 5.41) is 2.80. The lowest BCUT2D eigenvalue weighted by molar-refractivity contribution is -0.159. The molecule has 0 aromatic rings. The summed E-state index contributed by atoms with van der Waals surface area (Å²) < 4.78 is 5.41. The smallest absolute Gasteiger partial charge is 0.329 e. The van der Waals surface area contributed by atoms with Crippen molar-refractivity contribution in [3.05, 3.63) is 0 Å². The van der Waals surface area contributed by atoms with E-state index in [1.54, 1.807) is 25.7 Å². The van der Waals surface area contributed by atoms with Gasteiger partial charge in [-0.05, 0) is 47.0 Å². The number of nitrogens with one attached hydrogen (secondary N) is 1. The Hall–Kier alpha value is -1.59. The standard InChI is InChI=1S/C18H32N2O4/c1-11(2)8-14(17(23)24-18(5,6)7)19-16(22)13-9-15(21)20(10-13)12(3)4/h11-14H,8-10H2,1-7H3,(H,19,22)/t13?,14-/m1/s1. The van der Waals surface area contributed by atoms with Crippen LogP contribution in [-0.4, -0.2) is 46.9 Å². The van der Waals surface area contributed by atoms with Crippen LogP contribution in [-0.2, 0) is 19.1 Å². The quantitative estimate of drug-likeness (QED) is 0.752. The van der Waals surface area contributed by atoms with Gasteiger partial charge in [0.25, 0.3) is 0 Å². The fourth-order valence-electron chi connectivity index (χ4n) is 2.75. The molecule has 0 bridgehead atoms. The number of amides is 2. The predicted octanol–water partition coefficient (Wildman–Crippen LogP) is 2.12. The average molecular weight is 340 g/mol. The van der Waals surface area contributed by atoms with Gasteiger partial charge in [0.15, 0.2) is 0 Å². The first kappa shape index (κ1) is 20.5. The molecular formula is C18H32N2O4. The van der Waals surface area contributed by atoms with Gasteiger partial charge in [0.05, 0.1) is 5.92 Å². The van der Waals surface area contributed by atoms with Crippen LogP contribution in [0.15, 0.2) is 0 Å². The maximum absolute atomic E-state index is 12.5. The van der Waals surface area contributed by atoms with Crippen molar-refractivity contribution in [2.45, 2.75) is 79.0 Å². The van der Waals surface area contributed by atoms with Crippen LogP contribution in [0.25, 0.3) is 0 Å². The molecule has 2 atom stereocenters. The number of ether oxygens (including phenoxy) is 1. The van der Waals surface area contributed by atoms with Crippen molar-refractivity contribution in [3.8, 4) is 0 Å². The molecule has 0 aromatic heterocycles. The Balaban J connectivity index is 2.74. The Kier molecular flexibility index (Phi) is 6.81. The molecule has 1 aliphatic rings. The van der Waals surface area contributed by atoms with Crippen molar-refractivity contribution in [2.24, 2.45) is 11.8 Å². The van der Waals surface area contributed by atoms with Crippen LogP contribution >= 0.6 is 0 Å². The van der Waals surface area contributed by atoms with E-state index in [4.69, 9.17) is 4.74 Å². The van der Waals surface area contributed by atoms with Crippen LogP contribution in [0, 0.1) is 11.8 Å². The van der Waals surface area contributed by atoms with Crippen molar-refractivity contribution < 1.29 is 19.1 Å². The lowest BCUT2D eigenvalue weighted by atomic mass is 10.0. The summed E-state index contributed by atoms with van der Waals surface area (Å²) in [6, 6.07) is -0.604. The summed E-state index contributed by atoms with van der Waals surface area (Å²) in [6.07, 6.45) is 0.710. The second-order valence-corrected chi connectivity index (χ2v) is 8.27. The van der Waals surface area contributed by atoms with Crippen molar-refractivity contribution >= 4 is 17.8 Å². The molecule has 1 heterocycles. The van der Waals surface area contributed by atoms with E-state index in [1.165, 1.54) is 0 Å². The Bertz CT molecular complexity index is 480. The molecule has 1 fully saturated rings. The fraction of sp³-hybridized carbons (Fsp3) is 0.833. The van der Waals surface area contributed by atoms with Crippen LogP contribution in [0.3, 0.4) is 0 Å². The minimum absolute atomic E-state index is 0.0113. The minimum atomic E-state index is -0.681. The van der Waals surface area contributed by atoms with Crippen LogP contribution in [0.1, 0.15) is 61.3 Å². The Morgan fingerprint density at radius 2 is 1.83 bits per heavy atom. The Morgan fingerprint density at radius 1 is 1.25 bits per heavy atom. The molecule has 24 heavy (non-hydrogen) atoms. The first-order valence-corrected chi connectivity index (χ1v) is 8.73. The number of hydrogen-bond donors (Lipinski definition) is 1. The highest BCUT2D eigenvalue weighted by Gasteiger charge is 2.37. The van der Waals surface area contributed by atoms with Gasteiger partial charge in [-0.25, -0.2) is 4.79 Å². The molecule has 2 amide bonds. The van der Waals surface area contributed by atoms with E-state index in [-0.39, 0.29) is 30.2 Å². The number of likely N-dealkylation sites (tertiary alicyclic amines) is 1. The zero-order valence-electron chi connectivity index (χ0n) is 16.0. The molecule has 0 radical (unpaired) electrons. The van der Waals surface area contributed by atoms with E-state index in [9.17, 15) is 14.4 Å². The van der Waals surface area contributed by atoms with E-state index in [1.807, 2.05) is 27.7 Å². The summed E-state index contributed by atoms with van der Waals surface area (Å²) in [7, 11) is 0. The molecule has 1 N–H and O–H groups in total. The first-order valence-electron chi connectivity index (χ1n) is 8.73. The zero-order chi connectivity index (χ0) is 18.7. The molecule has 1 saturated heterocycles. The van der Waals surface area contributed by atoms with E-state index >= 15 is 0 Å². The second-order valence-electron chi connectivity index (χ2n) is 8.27. The van der Waals surface area contributed by atoms with Gasteiger partial charge in [-0.3, -0.25) is 9.59 Å². The molecule has 0 aromatic carbocycles. The zero-order valence-corrected chi connectivity index (χ0v) is 16.0. The third-order valence-electron chi connectivity index (χ3n) is 3.87. The molecule has 0 saturated carbocycles. The number of nitrogens with zero attached hydrogens (tertiary/aromatic N) is 1. The maximum Gasteiger partial charge on any atom is 0.329 e. The lowest BCUT2D eigenvalue weighted by Gasteiger charge is -2.26. The number of esters is 1. The summed E-state index contributed by atoms with van der Waals surface area (Å²) in [4.78, 5) is 38.6. The van der Waals surface area contributed by atoms with E-state index in [0.29, 0.717) is 13.0 Å². The number of hydrogen-bond acceptors (Lipinski definition) is 4. The van der Waals surface area contributed by atoms with Crippen LogP contribution < -0.4 is 5.32 Å². The van der Waals surface area contributed by atoms with Gasteiger partial charge in [0.1, 0.15) is 11.6 Å². The van der Waals surface area contributed by atoms with Gasteiger partial charge in [0, 0.05) is 19.0 Å². The van der Waals surface area contributed by atoms with Crippen LogP contribution in [0.4, 0.5) is 0 Å². The Morgan fingerprint density at radius 3 is 2.25 bits per heavy atom. The second kappa shape index (κ2) is 7.99. The highest BCUT2D eigenvalue weighted by molar-refractivity contribution is 5.91.